The number of nitrogens with zero attached hydrogens (tertiary/aromatic N) is 5. The molecule has 126 valence electrons. The number of hydrogen-bond donors (Lipinski definition) is 0. The van der Waals surface area contributed by atoms with Gasteiger partial charge in [0.05, 0.1) is 6.20 Å². The van der Waals surface area contributed by atoms with E-state index in [-0.39, 0.29) is 0 Å². The van der Waals surface area contributed by atoms with Gasteiger partial charge in [-0.3, -0.25) is 4.90 Å². The highest BCUT2D eigenvalue weighted by atomic mass is 15.2. The highest BCUT2D eigenvalue weighted by Gasteiger charge is 2.10. The molecular weight excluding hydrogens is 298 g/mol. The van der Waals surface area contributed by atoms with Gasteiger partial charge in [-0.15, -0.1) is 0 Å². The Kier molecular flexibility index (Phi) is 5.23. The number of aromatic nitrogens is 3. The summed E-state index contributed by atoms with van der Waals surface area (Å²) in [6.07, 6.45) is 5.96. The zero-order valence-electron chi connectivity index (χ0n) is 14.7. The van der Waals surface area contributed by atoms with Crippen LogP contribution < -0.4 is 0 Å². The first-order chi connectivity index (χ1) is 11.7. The third kappa shape index (κ3) is 3.80. The molecule has 0 aliphatic carbocycles. The molecule has 0 saturated carbocycles. The second-order valence-electron chi connectivity index (χ2n) is 6.33. The predicted octanol–water partition coefficient (Wildman–Crippen LogP) is 2.78. The van der Waals surface area contributed by atoms with Crippen LogP contribution in [0.25, 0.3) is 16.8 Å². The van der Waals surface area contributed by atoms with Gasteiger partial charge < -0.3 is 4.90 Å². The Morgan fingerprint density at radius 1 is 1.04 bits per heavy atom. The van der Waals surface area contributed by atoms with E-state index in [9.17, 15) is 0 Å². The molecule has 0 amide bonds. The zero-order valence-corrected chi connectivity index (χ0v) is 14.7. The van der Waals surface area contributed by atoms with Crippen molar-refractivity contribution in [2.24, 2.45) is 0 Å². The summed E-state index contributed by atoms with van der Waals surface area (Å²) in [6, 6.07) is 10.3. The van der Waals surface area contributed by atoms with Crippen LogP contribution in [0.15, 0.2) is 48.9 Å². The average molecular weight is 323 g/mol. The summed E-state index contributed by atoms with van der Waals surface area (Å²) in [5, 5.41) is 4.49. The normalized spacial score (nSPS) is 11.7. The quantitative estimate of drug-likeness (QED) is 0.670. The summed E-state index contributed by atoms with van der Waals surface area (Å²) in [4.78, 5) is 9.30. The van der Waals surface area contributed by atoms with Gasteiger partial charge in [0.25, 0.3) is 0 Å². The first-order valence-corrected chi connectivity index (χ1v) is 8.42. The average Bonchev–Trinajstić information content (AvgIpc) is 3.02. The molecule has 3 rings (SSSR count). The molecule has 0 radical (unpaired) electrons. The van der Waals surface area contributed by atoms with Crippen molar-refractivity contribution >= 4 is 5.65 Å². The topological polar surface area (TPSA) is 36.7 Å². The second-order valence-corrected chi connectivity index (χ2v) is 6.33. The van der Waals surface area contributed by atoms with Gasteiger partial charge in [0.2, 0.25) is 0 Å². The molecule has 3 aromatic rings. The van der Waals surface area contributed by atoms with Crippen molar-refractivity contribution in [3.8, 4) is 11.1 Å². The van der Waals surface area contributed by atoms with Crippen molar-refractivity contribution in [2.45, 2.75) is 13.5 Å². The fourth-order valence-electron chi connectivity index (χ4n) is 2.76. The molecule has 0 fully saturated rings. The van der Waals surface area contributed by atoms with Crippen molar-refractivity contribution in [3.63, 3.8) is 0 Å². The summed E-state index contributed by atoms with van der Waals surface area (Å²) in [6.45, 7) is 6.23. The number of benzene rings is 1. The van der Waals surface area contributed by atoms with Crippen LogP contribution in [0, 0.1) is 0 Å². The number of fused-ring (bicyclic) bond motifs is 1. The van der Waals surface area contributed by atoms with Crippen molar-refractivity contribution < 1.29 is 0 Å². The summed E-state index contributed by atoms with van der Waals surface area (Å²) >= 11 is 0. The van der Waals surface area contributed by atoms with Crippen LogP contribution in [0.1, 0.15) is 12.5 Å². The van der Waals surface area contributed by atoms with Crippen LogP contribution in [0.3, 0.4) is 0 Å². The lowest BCUT2D eigenvalue weighted by atomic mass is 10.1. The summed E-state index contributed by atoms with van der Waals surface area (Å²) < 4.78 is 1.89. The molecule has 2 aromatic heterocycles. The minimum Gasteiger partial charge on any atom is -0.308 e. The lowest BCUT2D eigenvalue weighted by Crippen LogP contribution is -2.31. The molecular formula is C19H25N5. The van der Waals surface area contributed by atoms with Crippen LogP contribution in [-0.4, -0.2) is 58.1 Å². The number of hydrogen-bond acceptors (Lipinski definition) is 4. The lowest BCUT2D eigenvalue weighted by molar-refractivity contribution is 0.243. The van der Waals surface area contributed by atoms with Crippen LogP contribution >= 0.6 is 0 Å². The molecule has 0 spiro atoms. The van der Waals surface area contributed by atoms with Gasteiger partial charge in [-0.25, -0.2) is 9.50 Å². The van der Waals surface area contributed by atoms with Gasteiger partial charge in [0.15, 0.2) is 5.65 Å². The fraction of sp³-hybridized carbons (Fsp3) is 0.368. The smallest absolute Gasteiger partial charge is 0.162 e. The van der Waals surface area contributed by atoms with E-state index in [1.54, 1.807) is 0 Å². The van der Waals surface area contributed by atoms with E-state index >= 15 is 0 Å². The minimum atomic E-state index is 0.897. The van der Waals surface area contributed by atoms with Gasteiger partial charge in [-0.1, -0.05) is 37.3 Å². The largest absolute Gasteiger partial charge is 0.308 e. The Labute approximate surface area is 143 Å². The molecule has 5 nitrogen and oxygen atoms in total. The Morgan fingerprint density at radius 2 is 1.83 bits per heavy atom. The lowest BCUT2D eigenvalue weighted by Gasteiger charge is -2.22. The molecule has 0 aliphatic rings. The molecule has 24 heavy (non-hydrogen) atoms. The first-order valence-electron chi connectivity index (χ1n) is 8.42. The van der Waals surface area contributed by atoms with Gasteiger partial charge in [0.1, 0.15) is 0 Å². The predicted molar refractivity (Wildman–Crippen MR) is 97.9 cm³/mol. The molecule has 0 N–H and O–H groups in total. The van der Waals surface area contributed by atoms with Crippen molar-refractivity contribution in [1.82, 2.24) is 24.4 Å². The molecule has 0 atom stereocenters. The Hall–Kier alpha value is -2.24. The van der Waals surface area contributed by atoms with E-state index < -0.39 is 0 Å². The fourth-order valence-corrected chi connectivity index (χ4v) is 2.76. The van der Waals surface area contributed by atoms with Crippen molar-refractivity contribution in [1.29, 1.82) is 0 Å². The van der Waals surface area contributed by atoms with E-state index in [0.717, 1.165) is 43.0 Å². The Balaban J connectivity index is 1.80. The van der Waals surface area contributed by atoms with Gasteiger partial charge >= 0.3 is 0 Å². The maximum Gasteiger partial charge on any atom is 0.162 e. The molecule has 0 unspecified atom stereocenters. The van der Waals surface area contributed by atoms with E-state index in [4.69, 9.17) is 0 Å². The third-order valence-corrected chi connectivity index (χ3v) is 4.21. The van der Waals surface area contributed by atoms with Crippen LogP contribution in [0.2, 0.25) is 0 Å². The SMILES string of the molecule is CCN(CCN(C)C)Cc1cnc2c(-c3ccccc3)cnn2c1. The number of rotatable bonds is 7. The van der Waals surface area contributed by atoms with Crippen molar-refractivity contribution in [3.05, 3.63) is 54.5 Å². The maximum atomic E-state index is 4.66. The summed E-state index contributed by atoms with van der Waals surface area (Å²) in [7, 11) is 4.21. The molecule has 1 aromatic carbocycles. The minimum absolute atomic E-state index is 0.897. The molecule has 0 aliphatic heterocycles. The molecule has 2 heterocycles. The van der Waals surface area contributed by atoms with Gasteiger partial charge in [-0.2, -0.15) is 5.10 Å². The first kappa shape index (κ1) is 16.6. The second kappa shape index (κ2) is 7.55. The summed E-state index contributed by atoms with van der Waals surface area (Å²) in [5.41, 5.74) is 4.31. The van der Waals surface area contributed by atoms with Crippen LogP contribution in [0.4, 0.5) is 0 Å². The van der Waals surface area contributed by atoms with E-state index in [2.05, 4.69) is 59.2 Å². The third-order valence-electron chi connectivity index (χ3n) is 4.21. The molecule has 0 bridgehead atoms. The van der Waals surface area contributed by atoms with E-state index in [0.29, 0.717) is 0 Å². The van der Waals surface area contributed by atoms with Crippen LogP contribution in [0.5, 0.6) is 0 Å². The standard InChI is InChI=1S/C19H25N5/c1-4-23(11-10-22(2)3)14-16-12-20-19-18(13-21-24(19)15-16)17-8-6-5-7-9-17/h5-9,12-13,15H,4,10-11,14H2,1-3H3. The Morgan fingerprint density at radius 3 is 2.54 bits per heavy atom. The van der Waals surface area contributed by atoms with Crippen LogP contribution in [-0.2, 0) is 6.54 Å². The Bertz CT molecular complexity index is 779. The summed E-state index contributed by atoms with van der Waals surface area (Å²) in [5.74, 6) is 0. The maximum absolute atomic E-state index is 4.66. The monoisotopic (exact) mass is 323 g/mol. The van der Waals surface area contributed by atoms with E-state index in [1.165, 1.54) is 5.56 Å². The van der Waals surface area contributed by atoms with Crippen molar-refractivity contribution in [2.75, 3.05) is 33.7 Å². The van der Waals surface area contributed by atoms with Gasteiger partial charge in [-0.05, 0) is 26.2 Å². The zero-order chi connectivity index (χ0) is 16.9. The highest BCUT2D eigenvalue weighted by molar-refractivity contribution is 5.76. The molecule has 5 heteroatoms. The van der Waals surface area contributed by atoms with Gasteiger partial charge in [0, 0.05) is 43.2 Å². The molecule has 0 saturated heterocycles. The van der Waals surface area contributed by atoms with E-state index in [1.807, 2.05) is 35.1 Å². The highest BCUT2D eigenvalue weighted by Crippen LogP contribution is 2.22. The number of likely N-dealkylation sites (N-methyl/N-ethyl adjacent to an activating group) is 2.